The summed E-state index contributed by atoms with van der Waals surface area (Å²) in [4.78, 5) is 11.9. The van der Waals surface area contributed by atoms with Gasteiger partial charge in [-0.2, -0.15) is 5.10 Å². The fraction of sp³-hybridized carbons (Fsp3) is 0.714. The van der Waals surface area contributed by atoms with E-state index in [1.165, 1.54) is 38.2 Å². The molecule has 1 atom stereocenters. The third kappa shape index (κ3) is 4.35. The van der Waals surface area contributed by atoms with E-state index >= 15 is 0 Å². The molecule has 0 saturated heterocycles. The molecular weight excluding hydrogens is 242 g/mol. The van der Waals surface area contributed by atoms with Gasteiger partial charge in [-0.25, -0.2) is 4.68 Å². The number of nitrogens with two attached hydrogens (primary N) is 1. The lowest BCUT2D eigenvalue weighted by atomic mass is 9.89. The molecule has 5 heteroatoms. The fourth-order valence-corrected chi connectivity index (χ4v) is 2.47. The van der Waals surface area contributed by atoms with Crippen molar-refractivity contribution in [3.63, 3.8) is 0 Å². The van der Waals surface area contributed by atoms with Gasteiger partial charge < -0.3 is 10.5 Å². The Morgan fingerprint density at radius 1 is 1.47 bits per heavy atom. The quantitative estimate of drug-likeness (QED) is 0.877. The van der Waals surface area contributed by atoms with Crippen LogP contribution in [-0.2, 0) is 6.54 Å². The monoisotopic (exact) mass is 265 g/mol. The second-order valence-corrected chi connectivity index (χ2v) is 5.50. The first-order valence-electron chi connectivity index (χ1n) is 7.10. The van der Waals surface area contributed by atoms with Crippen molar-refractivity contribution in [1.82, 2.24) is 9.78 Å². The molecule has 1 unspecified atom stereocenters. The maximum Gasteiger partial charge on any atom is 0.270 e. The largest absolute Gasteiger partial charge is 0.490 e. The zero-order chi connectivity index (χ0) is 13.7. The van der Waals surface area contributed by atoms with Crippen molar-refractivity contribution < 1.29 is 4.74 Å². The van der Waals surface area contributed by atoms with Crippen molar-refractivity contribution >= 4 is 0 Å². The summed E-state index contributed by atoms with van der Waals surface area (Å²) in [5.74, 6) is 1.09. The molecular formula is C14H23N3O2. The van der Waals surface area contributed by atoms with Crippen molar-refractivity contribution in [3.8, 4) is 5.75 Å². The van der Waals surface area contributed by atoms with Gasteiger partial charge >= 0.3 is 0 Å². The standard InChI is InChI=1S/C14H23N3O2/c1-11(15)10-19-13-7-14(18)17(16-8-13)9-12-5-3-2-4-6-12/h7-8,11-12H,2-6,9-10,15H2,1H3. The Hall–Kier alpha value is -1.36. The van der Waals surface area contributed by atoms with Crippen LogP contribution in [0.1, 0.15) is 39.0 Å². The predicted molar refractivity (Wildman–Crippen MR) is 74.2 cm³/mol. The average molecular weight is 265 g/mol. The van der Waals surface area contributed by atoms with Crippen molar-refractivity contribution in [2.75, 3.05) is 6.61 Å². The SMILES string of the molecule is CC(N)COc1cnn(CC2CCCCC2)c(=O)c1. The lowest BCUT2D eigenvalue weighted by molar-refractivity contribution is 0.284. The summed E-state index contributed by atoms with van der Waals surface area (Å²) in [6.45, 7) is 2.98. The minimum absolute atomic E-state index is 0.0512. The smallest absolute Gasteiger partial charge is 0.270 e. The van der Waals surface area contributed by atoms with Gasteiger partial charge in [0, 0.05) is 18.7 Å². The highest BCUT2D eigenvalue weighted by Gasteiger charge is 2.15. The molecule has 0 amide bonds. The summed E-state index contributed by atoms with van der Waals surface area (Å²) in [7, 11) is 0. The molecule has 2 rings (SSSR count). The number of ether oxygens (including phenoxy) is 1. The van der Waals surface area contributed by atoms with Gasteiger partial charge in [0.2, 0.25) is 0 Å². The van der Waals surface area contributed by atoms with Crippen molar-refractivity contribution in [2.24, 2.45) is 11.7 Å². The van der Waals surface area contributed by atoms with Crippen LogP contribution in [0.15, 0.2) is 17.1 Å². The van der Waals surface area contributed by atoms with Gasteiger partial charge in [0.05, 0.1) is 6.20 Å². The van der Waals surface area contributed by atoms with E-state index in [1.54, 1.807) is 10.9 Å². The van der Waals surface area contributed by atoms with E-state index in [2.05, 4.69) is 5.10 Å². The van der Waals surface area contributed by atoms with E-state index in [0.29, 0.717) is 18.3 Å². The second kappa shape index (κ2) is 6.70. The van der Waals surface area contributed by atoms with Gasteiger partial charge in [-0.05, 0) is 25.7 Å². The maximum absolute atomic E-state index is 11.9. The minimum Gasteiger partial charge on any atom is -0.490 e. The highest BCUT2D eigenvalue weighted by Crippen LogP contribution is 2.24. The topological polar surface area (TPSA) is 70.1 Å². The van der Waals surface area contributed by atoms with Crippen molar-refractivity contribution in [2.45, 2.75) is 51.6 Å². The molecule has 5 nitrogen and oxygen atoms in total. The molecule has 1 aliphatic rings. The summed E-state index contributed by atoms with van der Waals surface area (Å²) in [6.07, 6.45) is 7.88. The van der Waals surface area contributed by atoms with Gasteiger partial charge in [0.25, 0.3) is 5.56 Å². The van der Waals surface area contributed by atoms with Gasteiger partial charge in [0.15, 0.2) is 0 Å². The molecule has 0 bridgehead atoms. The van der Waals surface area contributed by atoms with Gasteiger partial charge in [-0.3, -0.25) is 4.79 Å². The zero-order valence-corrected chi connectivity index (χ0v) is 11.5. The normalized spacial score (nSPS) is 18.2. The summed E-state index contributed by atoms with van der Waals surface area (Å²) in [5, 5.41) is 4.19. The van der Waals surface area contributed by atoms with Crippen LogP contribution in [0.2, 0.25) is 0 Å². The van der Waals surface area contributed by atoms with Crippen LogP contribution in [0.4, 0.5) is 0 Å². The van der Waals surface area contributed by atoms with E-state index in [-0.39, 0.29) is 11.6 Å². The third-order valence-electron chi connectivity index (χ3n) is 3.51. The van der Waals surface area contributed by atoms with Crippen LogP contribution < -0.4 is 16.0 Å². The highest BCUT2D eigenvalue weighted by molar-refractivity contribution is 5.13. The van der Waals surface area contributed by atoms with Crippen molar-refractivity contribution in [1.29, 1.82) is 0 Å². The van der Waals surface area contributed by atoms with E-state index in [9.17, 15) is 4.79 Å². The van der Waals surface area contributed by atoms with Crippen LogP contribution in [-0.4, -0.2) is 22.4 Å². The van der Waals surface area contributed by atoms with Crippen LogP contribution in [0.25, 0.3) is 0 Å². The van der Waals surface area contributed by atoms with Crippen molar-refractivity contribution in [3.05, 3.63) is 22.6 Å². The molecule has 1 fully saturated rings. The number of aromatic nitrogens is 2. The van der Waals surface area contributed by atoms with Crippen LogP contribution >= 0.6 is 0 Å². The lowest BCUT2D eigenvalue weighted by Crippen LogP contribution is -2.28. The number of rotatable bonds is 5. The summed E-state index contributed by atoms with van der Waals surface area (Å²) < 4.78 is 6.94. The Morgan fingerprint density at radius 3 is 2.84 bits per heavy atom. The predicted octanol–water partition coefficient (Wildman–Crippen LogP) is 1.55. The molecule has 1 heterocycles. The number of hydrogen-bond donors (Lipinski definition) is 1. The van der Waals surface area contributed by atoms with Crippen LogP contribution in [0.5, 0.6) is 5.75 Å². The number of nitrogens with zero attached hydrogens (tertiary/aromatic N) is 2. The molecule has 1 aromatic heterocycles. The third-order valence-corrected chi connectivity index (χ3v) is 3.51. The Bertz CT molecular complexity index is 450. The Kier molecular flexibility index (Phi) is 4.96. The Balaban J connectivity index is 1.96. The molecule has 1 aliphatic carbocycles. The maximum atomic E-state index is 11.9. The Labute approximate surface area is 113 Å². The molecule has 0 aliphatic heterocycles. The summed E-state index contributed by atoms with van der Waals surface area (Å²) in [5.41, 5.74) is 5.51. The molecule has 0 aromatic carbocycles. The minimum atomic E-state index is -0.0900. The van der Waals surface area contributed by atoms with Crippen LogP contribution in [0.3, 0.4) is 0 Å². The first kappa shape index (κ1) is 14.1. The first-order chi connectivity index (χ1) is 9.15. The van der Waals surface area contributed by atoms with E-state index in [0.717, 1.165) is 6.54 Å². The van der Waals surface area contributed by atoms with Gasteiger partial charge in [-0.1, -0.05) is 19.3 Å². The molecule has 0 radical (unpaired) electrons. The molecule has 2 N–H and O–H groups in total. The van der Waals surface area contributed by atoms with E-state index in [4.69, 9.17) is 10.5 Å². The van der Waals surface area contributed by atoms with Gasteiger partial charge in [-0.15, -0.1) is 0 Å². The molecule has 106 valence electrons. The summed E-state index contributed by atoms with van der Waals surface area (Å²) >= 11 is 0. The Morgan fingerprint density at radius 2 is 2.21 bits per heavy atom. The fourth-order valence-electron chi connectivity index (χ4n) is 2.47. The van der Waals surface area contributed by atoms with Gasteiger partial charge in [0.1, 0.15) is 12.4 Å². The van der Waals surface area contributed by atoms with Crippen LogP contribution in [0, 0.1) is 5.92 Å². The molecule has 0 spiro atoms. The first-order valence-corrected chi connectivity index (χ1v) is 7.10. The highest BCUT2D eigenvalue weighted by atomic mass is 16.5. The average Bonchev–Trinajstić information content (AvgIpc) is 2.40. The zero-order valence-electron chi connectivity index (χ0n) is 11.5. The lowest BCUT2D eigenvalue weighted by Gasteiger charge is -2.21. The molecule has 1 saturated carbocycles. The van der Waals surface area contributed by atoms with E-state index < -0.39 is 0 Å². The summed E-state index contributed by atoms with van der Waals surface area (Å²) in [6, 6.07) is 1.45. The second-order valence-electron chi connectivity index (χ2n) is 5.50. The number of hydrogen-bond acceptors (Lipinski definition) is 4. The van der Waals surface area contributed by atoms with E-state index in [1.807, 2.05) is 6.92 Å². The molecule has 1 aromatic rings. The molecule has 19 heavy (non-hydrogen) atoms.